The fourth-order valence-electron chi connectivity index (χ4n) is 7.32. The van der Waals surface area contributed by atoms with E-state index < -0.39 is 0 Å². The van der Waals surface area contributed by atoms with Crippen LogP contribution >= 0.6 is 0 Å². The minimum atomic E-state index is -0.107. The second-order valence-corrected chi connectivity index (χ2v) is 9.28. The van der Waals surface area contributed by atoms with Gasteiger partial charge < -0.3 is 10.2 Å². The van der Waals surface area contributed by atoms with Crippen molar-refractivity contribution in [1.29, 1.82) is 0 Å². The number of hydrogen-bond acceptors (Lipinski definition) is 2. The zero-order chi connectivity index (χ0) is 16.2. The third-order valence-electron chi connectivity index (χ3n) is 8.45. The van der Waals surface area contributed by atoms with Gasteiger partial charge in [0, 0.05) is 0 Å². The van der Waals surface area contributed by atoms with Crippen molar-refractivity contribution >= 4 is 0 Å². The van der Waals surface area contributed by atoms with Crippen LogP contribution in [0.1, 0.15) is 78.1 Å². The first kappa shape index (κ1) is 16.1. The molecule has 0 aromatic carbocycles. The number of aliphatic hydroxyl groups is 2. The van der Waals surface area contributed by atoms with Gasteiger partial charge in [-0.05, 0) is 86.4 Å². The second-order valence-electron chi connectivity index (χ2n) is 9.28. The van der Waals surface area contributed by atoms with Crippen LogP contribution in [0.2, 0.25) is 0 Å². The Bertz CT molecular complexity index is 498. The number of hydrogen-bond donors (Lipinski definition) is 2. The molecule has 130 valence electrons. The van der Waals surface area contributed by atoms with Gasteiger partial charge in [0.25, 0.3) is 0 Å². The molecule has 0 spiro atoms. The summed E-state index contributed by atoms with van der Waals surface area (Å²) >= 11 is 0. The van der Waals surface area contributed by atoms with Gasteiger partial charge in [-0.2, -0.15) is 0 Å². The molecule has 0 heterocycles. The first-order valence-electron chi connectivity index (χ1n) is 10.1. The SMILES string of the molecule is CCC[C@]12CC[C@H](O)CC1=CC[C@@H]1[C@@H]2CC[C@]2(C)[C@@H](O)CC[C@@H]12. The van der Waals surface area contributed by atoms with Crippen LogP contribution < -0.4 is 0 Å². The predicted molar refractivity (Wildman–Crippen MR) is 93.0 cm³/mol. The number of rotatable bonds is 2. The minimum Gasteiger partial charge on any atom is -0.393 e. The lowest BCUT2D eigenvalue weighted by molar-refractivity contribution is -0.0782. The van der Waals surface area contributed by atoms with Crippen molar-refractivity contribution < 1.29 is 10.2 Å². The standard InChI is InChI=1S/C21H34O2/c1-3-10-21-12-8-15(22)13-14(21)4-5-16-17-6-7-19(23)20(17,2)11-9-18(16)21/h4,15-19,22-23H,3,5-13H2,1-2H3/t15-,16-,17-,18-,19-,20-,21-/m0/s1. The van der Waals surface area contributed by atoms with Gasteiger partial charge in [0.15, 0.2) is 0 Å². The quantitative estimate of drug-likeness (QED) is 0.738. The summed E-state index contributed by atoms with van der Waals surface area (Å²) in [6, 6.07) is 0. The molecule has 7 atom stereocenters. The summed E-state index contributed by atoms with van der Waals surface area (Å²) in [5.74, 6) is 2.30. The number of allylic oxidation sites excluding steroid dienone is 1. The van der Waals surface area contributed by atoms with Crippen LogP contribution in [-0.4, -0.2) is 22.4 Å². The van der Waals surface area contributed by atoms with Gasteiger partial charge >= 0.3 is 0 Å². The Labute approximate surface area is 141 Å². The van der Waals surface area contributed by atoms with E-state index in [1.54, 1.807) is 5.57 Å². The highest BCUT2D eigenvalue weighted by molar-refractivity contribution is 5.26. The summed E-state index contributed by atoms with van der Waals surface area (Å²) in [5, 5.41) is 20.7. The molecule has 0 saturated heterocycles. The molecule has 3 fully saturated rings. The maximum atomic E-state index is 10.6. The van der Waals surface area contributed by atoms with Gasteiger partial charge in [-0.15, -0.1) is 0 Å². The molecule has 0 unspecified atom stereocenters. The van der Waals surface area contributed by atoms with Gasteiger partial charge in [0.1, 0.15) is 0 Å². The lowest BCUT2D eigenvalue weighted by Gasteiger charge is -2.59. The average Bonchev–Trinajstić information content (AvgIpc) is 2.84. The van der Waals surface area contributed by atoms with Crippen LogP contribution in [0.15, 0.2) is 11.6 Å². The average molecular weight is 319 g/mol. The summed E-state index contributed by atoms with van der Waals surface area (Å²) in [4.78, 5) is 0. The first-order valence-corrected chi connectivity index (χ1v) is 10.1. The molecule has 4 aliphatic carbocycles. The highest BCUT2D eigenvalue weighted by Gasteiger charge is 2.59. The second kappa shape index (κ2) is 5.59. The van der Waals surface area contributed by atoms with E-state index >= 15 is 0 Å². The molecule has 23 heavy (non-hydrogen) atoms. The summed E-state index contributed by atoms with van der Waals surface area (Å²) in [5.41, 5.74) is 2.15. The molecule has 2 N–H and O–H groups in total. The fourth-order valence-corrected chi connectivity index (χ4v) is 7.32. The maximum absolute atomic E-state index is 10.6. The van der Waals surface area contributed by atoms with E-state index in [9.17, 15) is 10.2 Å². The molecule has 0 radical (unpaired) electrons. The van der Waals surface area contributed by atoms with E-state index in [1.165, 1.54) is 44.9 Å². The van der Waals surface area contributed by atoms with E-state index in [0.29, 0.717) is 5.41 Å². The van der Waals surface area contributed by atoms with Crippen molar-refractivity contribution in [2.24, 2.45) is 28.6 Å². The Morgan fingerprint density at radius 3 is 2.70 bits per heavy atom. The van der Waals surface area contributed by atoms with E-state index in [1.807, 2.05) is 0 Å². The Hall–Kier alpha value is -0.340. The van der Waals surface area contributed by atoms with Crippen molar-refractivity contribution in [3.8, 4) is 0 Å². The highest BCUT2D eigenvalue weighted by atomic mass is 16.3. The Kier molecular flexibility index (Phi) is 3.93. The number of fused-ring (bicyclic) bond motifs is 5. The van der Waals surface area contributed by atoms with Crippen LogP contribution in [0.4, 0.5) is 0 Å². The molecular weight excluding hydrogens is 284 g/mol. The van der Waals surface area contributed by atoms with Crippen molar-refractivity contribution in [2.75, 3.05) is 0 Å². The van der Waals surface area contributed by atoms with Gasteiger partial charge in [-0.3, -0.25) is 0 Å². The molecular formula is C21H34O2. The summed E-state index contributed by atoms with van der Waals surface area (Å²) in [6.07, 6.45) is 14.0. The van der Waals surface area contributed by atoms with Crippen molar-refractivity contribution in [3.63, 3.8) is 0 Å². The predicted octanol–water partition coefficient (Wildman–Crippen LogP) is 4.45. The van der Waals surface area contributed by atoms with Crippen LogP contribution in [-0.2, 0) is 0 Å². The van der Waals surface area contributed by atoms with E-state index in [2.05, 4.69) is 19.9 Å². The lowest BCUT2D eigenvalue weighted by atomic mass is 9.46. The van der Waals surface area contributed by atoms with Crippen molar-refractivity contribution in [3.05, 3.63) is 11.6 Å². The molecule has 0 aromatic heterocycles. The topological polar surface area (TPSA) is 40.5 Å². The van der Waals surface area contributed by atoms with Crippen LogP contribution in [0, 0.1) is 28.6 Å². The molecule has 0 bridgehead atoms. The van der Waals surface area contributed by atoms with Gasteiger partial charge in [0.05, 0.1) is 12.2 Å². The fraction of sp³-hybridized carbons (Fsp3) is 0.905. The molecule has 2 nitrogen and oxygen atoms in total. The zero-order valence-corrected chi connectivity index (χ0v) is 14.9. The van der Waals surface area contributed by atoms with Crippen LogP contribution in [0.3, 0.4) is 0 Å². The Morgan fingerprint density at radius 1 is 1.09 bits per heavy atom. The molecule has 4 rings (SSSR count). The largest absolute Gasteiger partial charge is 0.393 e. The molecule has 3 saturated carbocycles. The molecule has 0 aliphatic heterocycles. The highest BCUT2D eigenvalue weighted by Crippen LogP contribution is 2.65. The van der Waals surface area contributed by atoms with Gasteiger partial charge in [-0.25, -0.2) is 0 Å². The zero-order valence-electron chi connectivity index (χ0n) is 14.9. The Balaban J connectivity index is 1.70. The normalized spacial score (nSPS) is 52.3. The maximum Gasteiger partial charge on any atom is 0.0596 e. The summed E-state index contributed by atoms with van der Waals surface area (Å²) in [6.45, 7) is 4.69. The van der Waals surface area contributed by atoms with E-state index in [0.717, 1.165) is 37.0 Å². The van der Waals surface area contributed by atoms with E-state index in [-0.39, 0.29) is 17.6 Å². The van der Waals surface area contributed by atoms with Crippen LogP contribution in [0.25, 0.3) is 0 Å². The number of aliphatic hydroxyl groups excluding tert-OH is 2. The Morgan fingerprint density at radius 2 is 1.91 bits per heavy atom. The monoisotopic (exact) mass is 318 g/mol. The lowest BCUT2D eigenvalue weighted by Crippen LogP contribution is -2.52. The molecule has 0 aromatic rings. The van der Waals surface area contributed by atoms with Crippen LogP contribution in [0.5, 0.6) is 0 Å². The summed E-state index contributed by atoms with van der Waals surface area (Å²) in [7, 11) is 0. The molecule has 0 amide bonds. The smallest absolute Gasteiger partial charge is 0.0596 e. The van der Waals surface area contributed by atoms with Gasteiger partial charge in [0.2, 0.25) is 0 Å². The van der Waals surface area contributed by atoms with Crippen molar-refractivity contribution in [2.45, 2.75) is 90.3 Å². The third-order valence-corrected chi connectivity index (χ3v) is 8.45. The third kappa shape index (κ3) is 2.20. The van der Waals surface area contributed by atoms with Gasteiger partial charge in [-0.1, -0.05) is 31.9 Å². The van der Waals surface area contributed by atoms with E-state index in [4.69, 9.17) is 0 Å². The molecule has 4 aliphatic rings. The first-order chi connectivity index (χ1) is 11.0. The van der Waals surface area contributed by atoms with Crippen molar-refractivity contribution in [1.82, 2.24) is 0 Å². The summed E-state index contributed by atoms with van der Waals surface area (Å²) < 4.78 is 0. The molecule has 2 heteroatoms. The minimum absolute atomic E-state index is 0.0749.